The van der Waals surface area contributed by atoms with E-state index in [1.807, 2.05) is 6.07 Å². The van der Waals surface area contributed by atoms with E-state index in [4.69, 9.17) is 11.6 Å². The second-order valence-corrected chi connectivity index (χ2v) is 13.5. The van der Waals surface area contributed by atoms with Gasteiger partial charge in [0.25, 0.3) is 10.0 Å². The van der Waals surface area contributed by atoms with Gasteiger partial charge in [-0.2, -0.15) is 4.31 Å². The van der Waals surface area contributed by atoms with Gasteiger partial charge in [0.15, 0.2) is 0 Å². The minimum atomic E-state index is -3.38. The Kier molecular flexibility index (Phi) is 4.62. The van der Waals surface area contributed by atoms with Gasteiger partial charge in [0, 0.05) is 22.8 Å². The fourth-order valence-electron chi connectivity index (χ4n) is 6.42. The Labute approximate surface area is 175 Å². The average Bonchev–Trinajstić information content (AvgIpc) is 3.30. The lowest BCUT2D eigenvalue weighted by Gasteiger charge is -2.59. The molecule has 2 unspecified atom stereocenters. The van der Waals surface area contributed by atoms with Crippen LogP contribution in [0.2, 0.25) is 0 Å². The summed E-state index contributed by atoms with van der Waals surface area (Å²) < 4.78 is 27.3. The molecule has 1 amide bonds. The molecule has 2 heterocycles. The van der Waals surface area contributed by atoms with Crippen molar-refractivity contribution < 1.29 is 13.2 Å². The van der Waals surface area contributed by atoms with E-state index >= 15 is 0 Å². The van der Waals surface area contributed by atoms with Gasteiger partial charge in [-0.25, -0.2) is 8.42 Å². The lowest BCUT2D eigenvalue weighted by Crippen LogP contribution is -2.58. The minimum absolute atomic E-state index is 0.115. The summed E-state index contributed by atoms with van der Waals surface area (Å²) in [6.07, 6.45) is 7.92. The predicted molar refractivity (Wildman–Crippen MR) is 110 cm³/mol. The average molecular weight is 443 g/mol. The highest BCUT2D eigenvalue weighted by atomic mass is 35.5. The van der Waals surface area contributed by atoms with Crippen molar-refractivity contribution in [3.63, 3.8) is 0 Å². The molecular formula is C20H27ClN2O3S2. The van der Waals surface area contributed by atoms with Crippen LogP contribution >= 0.6 is 22.9 Å². The zero-order valence-corrected chi connectivity index (χ0v) is 18.3. The van der Waals surface area contributed by atoms with Crippen molar-refractivity contribution >= 4 is 38.9 Å². The summed E-state index contributed by atoms with van der Waals surface area (Å²) in [5.41, 5.74) is -0.312. The van der Waals surface area contributed by atoms with Gasteiger partial charge in [0.05, 0.1) is 12.0 Å². The molecule has 5 nitrogen and oxygen atoms in total. The number of thiophene rings is 1. The molecule has 1 saturated heterocycles. The molecule has 1 aromatic heterocycles. The SMILES string of the molecule is O=C(NCc1ccc(S(=O)(=O)N2CCCC2)s1)C12CC3CC(CC(Cl)(C3)C1)C2. The van der Waals surface area contributed by atoms with Crippen LogP contribution in [0.5, 0.6) is 0 Å². The smallest absolute Gasteiger partial charge is 0.252 e. The molecule has 0 spiro atoms. The largest absolute Gasteiger partial charge is 0.351 e. The van der Waals surface area contributed by atoms with Crippen molar-refractivity contribution in [2.45, 2.75) is 67.0 Å². The molecule has 1 N–H and O–H groups in total. The number of amides is 1. The second kappa shape index (κ2) is 6.69. The van der Waals surface area contributed by atoms with Crippen molar-refractivity contribution in [2.75, 3.05) is 13.1 Å². The minimum Gasteiger partial charge on any atom is -0.351 e. The van der Waals surface area contributed by atoms with E-state index in [1.165, 1.54) is 17.8 Å². The summed E-state index contributed by atoms with van der Waals surface area (Å²) in [6.45, 7) is 1.61. The fourth-order valence-corrected chi connectivity index (χ4v) is 10.1. The first-order chi connectivity index (χ1) is 13.3. The van der Waals surface area contributed by atoms with E-state index in [9.17, 15) is 13.2 Å². The summed E-state index contributed by atoms with van der Waals surface area (Å²) >= 11 is 8.12. The molecule has 4 saturated carbocycles. The van der Waals surface area contributed by atoms with E-state index in [1.54, 1.807) is 10.4 Å². The molecule has 5 aliphatic rings. The molecule has 8 heteroatoms. The van der Waals surface area contributed by atoms with E-state index in [0.717, 1.165) is 49.8 Å². The predicted octanol–water partition coefficient (Wildman–Crippen LogP) is 3.73. The first kappa shape index (κ1) is 19.3. The van der Waals surface area contributed by atoms with E-state index in [0.29, 0.717) is 35.7 Å². The second-order valence-electron chi connectivity index (χ2n) is 9.41. The zero-order chi connectivity index (χ0) is 19.6. The molecule has 4 aliphatic carbocycles. The van der Waals surface area contributed by atoms with Gasteiger partial charge >= 0.3 is 0 Å². The van der Waals surface area contributed by atoms with Crippen LogP contribution in [-0.4, -0.2) is 36.6 Å². The molecule has 6 rings (SSSR count). The molecule has 1 aliphatic heterocycles. The Morgan fingerprint density at radius 2 is 1.86 bits per heavy atom. The summed E-state index contributed by atoms with van der Waals surface area (Å²) in [7, 11) is -3.38. The Bertz CT molecular complexity index is 877. The lowest BCUT2D eigenvalue weighted by atomic mass is 9.49. The van der Waals surface area contributed by atoms with Crippen LogP contribution in [-0.2, 0) is 21.4 Å². The molecule has 4 bridgehead atoms. The van der Waals surface area contributed by atoms with Crippen LogP contribution in [0, 0.1) is 17.3 Å². The topological polar surface area (TPSA) is 66.5 Å². The maximum absolute atomic E-state index is 13.1. The van der Waals surface area contributed by atoms with Crippen LogP contribution in [0.1, 0.15) is 56.2 Å². The number of carbonyl (C=O) groups is 1. The standard InChI is InChI=1S/C20H27ClN2O3S2/c21-20-10-14-7-15(11-20)9-19(8-14,13-20)18(24)22-12-16-3-4-17(27-16)28(25,26)23-5-1-2-6-23/h3-4,14-15H,1-2,5-13H2,(H,22,24). The highest BCUT2D eigenvalue weighted by Gasteiger charge is 2.59. The third-order valence-electron chi connectivity index (χ3n) is 7.19. The van der Waals surface area contributed by atoms with Crippen LogP contribution in [0.25, 0.3) is 0 Å². The van der Waals surface area contributed by atoms with Gasteiger partial charge < -0.3 is 5.32 Å². The third-order valence-corrected chi connectivity index (χ3v) is 11.1. The number of sulfonamides is 1. The van der Waals surface area contributed by atoms with Gasteiger partial charge in [0.1, 0.15) is 4.21 Å². The maximum atomic E-state index is 13.1. The summed E-state index contributed by atoms with van der Waals surface area (Å²) in [4.78, 5) is 13.8. The molecule has 5 fully saturated rings. The molecular weight excluding hydrogens is 416 g/mol. The zero-order valence-electron chi connectivity index (χ0n) is 16.0. The van der Waals surface area contributed by atoms with Gasteiger partial charge in [-0.15, -0.1) is 22.9 Å². The van der Waals surface area contributed by atoms with Gasteiger partial charge in [0.2, 0.25) is 5.91 Å². The Hall–Kier alpha value is -0.630. The molecule has 2 atom stereocenters. The van der Waals surface area contributed by atoms with Gasteiger partial charge in [-0.05, 0) is 75.3 Å². The lowest BCUT2D eigenvalue weighted by molar-refractivity contribution is -0.144. The van der Waals surface area contributed by atoms with Gasteiger partial charge in [-0.1, -0.05) is 0 Å². The molecule has 0 radical (unpaired) electrons. The number of hydrogen-bond acceptors (Lipinski definition) is 4. The van der Waals surface area contributed by atoms with Crippen LogP contribution in [0.3, 0.4) is 0 Å². The quantitative estimate of drug-likeness (QED) is 0.706. The van der Waals surface area contributed by atoms with Crippen molar-refractivity contribution in [3.8, 4) is 0 Å². The van der Waals surface area contributed by atoms with Crippen molar-refractivity contribution in [1.82, 2.24) is 9.62 Å². The number of halogens is 1. The number of hydrogen-bond donors (Lipinski definition) is 1. The number of nitrogens with zero attached hydrogens (tertiary/aromatic N) is 1. The number of nitrogens with one attached hydrogen (secondary N) is 1. The van der Waals surface area contributed by atoms with Crippen molar-refractivity contribution in [2.24, 2.45) is 17.3 Å². The highest BCUT2D eigenvalue weighted by molar-refractivity contribution is 7.91. The van der Waals surface area contributed by atoms with E-state index in [-0.39, 0.29) is 16.2 Å². The summed E-state index contributed by atoms with van der Waals surface area (Å²) in [5, 5.41) is 3.11. The number of rotatable bonds is 5. The molecule has 0 aromatic carbocycles. The summed E-state index contributed by atoms with van der Waals surface area (Å²) in [6, 6.07) is 3.51. The monoisotopic (exact) mass is 442 g/mol. The highest BCUT2D eigenvalue weighted by Crippen LogP contribution is 2.63. The van der Waals surface area contributed by atoms with E-state index in [2.05, 4.69) is 5.32 Å². The van der Waals surface area contributed by atoms with Crippen LogP contribution in [0.15, 0.2) is 16.3 Å². The Morgan fingerprint density at radius 1 is 1.18 bits per heavy atom. The van der Waals surface area contributed by atoms with Crippen LogP contribution in [0.4, 0.5) is 0 Å². The Balaban J connectivity index is 1.26. The summed E-state index contributed by atoms with van der Waals surface area (Å²) in [5.74, 6) is 1.29. The first-order valence-corrected chi connectivity index (χ1v) is 13.0. The van der Waals surface area contributed by atoms with Gasteiger partial charge in [-0.3, -0.25) is 4.79 Å². The maximum Gasteiger partial charge on any atom is 0.252 e. The normalized spacial score (nSPS) is 37.5. The molecule has 1 aromatic rings. The first-order valence-electron chi connectivity index (χ1n) is 10.3. The van der Waals surface area contributed by atoms with E-state index < -0.39 is 10.0 Å². The number of carbonyl (C=O) groups excluding carboxylic acids is 1. The van der Waals surface area contributed by atoms with Crippen molar-refractivity contribution in [1.29, 1.82) is 0 Å². The number of alkyl halides is 1. The molecule has 28 heavy (non-hydrogen) atoms. The third kappa shape index (κ3) is 3.22. The van der Waals surface area contributed by atoms with Crippen molar-refractivity contribution in [3.05, 3.63) is 17.0 Å². The van der Waals surface area contributed by atoms with Crippen LogP contribution < -0.4 is 5.32 Å². The molecule has 154 valence electrons. The Morgan fingerprint density at radius 3 is 2.50 bits per heavy atom. The fraction of sp³-hybridized carbons (Fsp3) is 0.750.